The van der Waals surface area contributed by atoms with E-state index in [9.17, 15) is 0 Å². The highest BCUT2D eigenvalue weighted by atomic mass is 15.2. The highest BCUT2D eigenvalue weighted by molar-refractivity contribution is 4.95. The minimum Gasteiger partial charge on any atom is -0.300 e. The van der Waals surface area contributed by atoms with E-state index < -0.39 is 0 Å². The summed E-state index contributed by atoms with van der Waals surface area (Å²) in [5.41, 5.74) is 0. The molecule has 1 aliphatic heterocycles. The van der Waals surface area contributed by atoms with Gasteiger partial charge in [-0.1, -0.05) is 0 Å². The molecular formula is C8H15N. The second-order valence-corrected chi connectivity index (χ2v) is 3.63. The van der Waals surface area contributed by atoms with Crippen LogP contribution in [0.5, 0.6) is 0 Å². The monoisotopic (exact) mass is 125 g/mol. The van der Waals surface area contributed by atoms with Gasteiger partial charge in [-0.25, -0.2) is 0 Å². The lowest BCUT2D eigenvalue weighted by Gasteiger charge is -2.28. The smallest absolute Gasteiger partial charge is 0.00984 e. The lowest BCUT2D eigenvalue weighted by atomic mass is 10.0. The van der Waals surface area contributed by atoms with Gasteiger partial charge in [0.05, 0.1) is 0 Å². The summed E-state index contributed by atoms with van der Waals surface area (Å²) in [6.07, 6.45) is 4.44. The molecule has 2 rings (SSSR count). The van der Waals surface area contributed by atoms with E-state index in [-0.39, 0.29) is 0 Å². The van der Waals surface area contributed by atoms with Gasteiger partial charge < -0.3 is 4.90 Å². The van der Waals surface area contributed by atoms with Crippen LogP contribution in [-0.4, -0.2) is 24.0 Å². The van der Waals surface area contributed by atoms with E-state index in [0.717, 1.165) is 18.0 Å². The molecule has 0 aromatic heterocycles. The van der Waals surface area contributed by atoms with Gasteiger partial charge in [0.2, 0.25) is 0 Å². The molecule has 9 heavy (non-hydrogen) atoms. The number of likely N-dealkylation sites (tertiary alicyclic amines) is 1. The largest absolute Gasteiger partial charge is 0.300 e. The van der Waals surface area contributed by atoms with Crippen LogP contribution in [0.2, 0.25) is 0 Å². The van der Waals surface area contributed by atoms with Crippen LogP contribution < -0.4 is 0 Å². The van der Waals surface area contributed by atoms with Gasteiger partial charge in [-0.05, 0) is 39.2 Å². The molecule has 2 bridgehead atoms. The summed E-state index contributed by atoms with van der Waals surface area (Å²) in [5.74, 6) is 1.04. The van der Waals surface area contributed by atoms with Crippen molar-refractivity contribution in [1.29, 1.82) is 0 Å². The Kier molecular flexibility index (Phi) is 1.10. The van der Waals surface area contributed by atoms with Crippen molar-refractivity contribution in [2.75, 3.05) is 7.05 Å². The van der Waals surface area contributed by atoms with Crippen LogP contribution in [0.1, 0.15) is 26.2 Å². The van der Waals surface area contributed by atoms with Crippen molar-refractivity contribution in [1.82, 2.24) is 4.90 Å². The molecule has 2 aliphatic rings. The average molecular weight is 125 g/mol. The van der Waals surface area contributed by atoms with Crippen LogP contribution in [0.15, 0.2) is 0 Å². The molecule has 0 N–H and O–H groups in total. The molecule has 0 aromatic carbocycles. The topological polar surface area (TPSA) is 3.24 Å². The molecule has 52 valence electrons. The number of hydrogen-bond donors (Lipinski definition) is 0. The first-order valence-corrected chi connectivity index (χ1v) is 4.01. The van der Waals surface area contributed by atoms with Gasteiger partial charge in [0, 0.05) is 12.1 Å². The molecule has 1 unspecified atom stereocenters. The first-order valence-electron chi connectivity index (χ1n) is 4.01. The number of hydrogen-bond acceptors (Lipinski definition) is 1. The van der Waals surface area contributed by atoms with Crippen LogP contribution in [0, 0.1) is 5.92 Å². The van der Waals surface area contributed by atoms with E-state index >= 15 is 0 Å². The number of fused-ring (bicyclic) bond motifs is 2. The zero-order valence-electron chi connectivity index (χ0n) is 6.30. The third-order valence-corrected chi connectivity index (χ3v) is 3.35. The van der Waals surface area contributed by atoms with Crippen molar-refractivity contribution in [3.63, 3.8) is 0 Å². The summed E-state index contributed by atoms with van der Waals surface area (Å²) < 4.78 is 0. The Morgan fingerprint density at radius 3 is 2.44 bits per heavy atom. The van der Waals surface area contributed by atoms with Gasteiger partial charge in [0.25, 0.3) is 0 Å². The second-order valence-electron chi connectivity index (χ2n) is 3.63. The summed E-state index contributed by atoms with van der Waals surface area (Å²) in [5, 5.41) is 0. The summed E-state index contributed by atoms with van der Waals surface area (Å²) in [4.78, 5) is 2.55. The zero-order chi connectivity index (χ0) is 6.43. The van der Waals surface area contributed by atoms with Crippen molar-refractivity contribution < 1.29 is 0 Å². The van der Waals surface area contributed by atoms with Gasteiger partial charge in [-0.3, -0.25) is 0 Å². The predicted molar refractivity (Wildman–Crippen MR) is 38.4 cm³/mol. The first kappa shape index (κ1) is 5.72. The van der Waals surface area contributed by atoms with Crippen molar-refractivity contribution in [3.8, 4) is 0 Å². The van der Waals surface area contributed by atoms with E-state index in [1.54, 1.807) is 0 Å². The summed E-state index contributed by atoms with van der Waals surface area (Å²) in [7, 11) is 2.27. The Hall–Kier alpha value is -0.0400. The lowest BCUT2D eigenvalue weighted by molar-refractivity contribution is 0.190. The van der Waals surface area contributed by atoms with Crippen molar-refractivity contribution >= 4 is 0 Å². The molecule has 1 aliphatic carbocycles. The third kappa shape index (κ3) is 0.644. The molecule has 1 saturated carbocycles. The number of nitrogens with zero attached hydrogens (tertiary/aromatic N) is 1. The normalized spacial score (nSPS) is 50.7. The Morgan fingerprint density at radius 1 is 1.33 bits per heavy atom. The fourth-order valence-corrected chi connectivity index (χ4v) is 2.46. The molecule has 1 saturated heterocycles. The van der Waals surface area contributed by atoms with E-state index in [1.807, 2.05) is 0 Å². The van der Waals surface area contributed by atoms with E-state index in [0.29, 0.717) is 0 Å². The molecule has 1 nitrogen and oxygen atoms in total. The Balaban J connectivity index is 2.15. The summed E-state index contributed by atoms with van der Waals surface area (Å²) in [6.45, 7) is 2.36. The molecule has 0 amide bonds. The Morgan fingerprint density at radius 2 is 2.11 bits per heavy atom. The maximum absolute atomic E-state index is 2.55. The van der Waals surface area contributed by atoms with Gasteiger partial charge in [-0.15, -0.1) is 0 Å². The highest BCUT2D eigenvalue weighted by Crippen LogP contribution is 2.40. The van der Waals surface area contributed by atoms with Crippen LogP contribution >= 0.6 is 0 Å². The molecule has 1 heteroatoms. The standard InChI is InChI=1S/C8H15N/c1-6-7-3-4-8(5-7)9(6)2/h6-8H,3-5H2,1-2H3/t6?,7-,8+/m1/s1. The van der Waals surface area contributed by atoms with Gasteiger partial charge >= 0.3 is 0 Å². The molecule has 3 atom stereocenters. The second kappa shape index (κ2) is 1.72. The van der Waals surface area contributed by atoms with Gasteiger partial charge in [-0.2, -0.15) is 0 Å². The first-order chi connectivity index (χ1) is 4.29. The molecular weight excluding hydrogens is 110 g/mol. The molecule has 0 spiro atoms. The quantitative estimate of drug-likeness (QED) is 0.474. The molecule has 0 radical (unpaired) electrons. The maximum Gasteiger partial charge on any atom is 0.00984 e. The van der Waals surface area contributed by atoms with Crippen molar-refractivity contribution in [2.24, 2.45) is 5.92 Å². The molecule has 0 aromatic rings. The van der Waals surface area contributed by atoms with Crippen LogP contribution in [0.4, 0.5) is 0 Å². The highest BCUT2D eigenvalue weighted by Gasteiger charge is 2.40. The van der Waals surface area contributed by atoms with Crippen LogP contribution in [-0.2, 0) is 0 Å². The van der Waals surface area contributed by atoms with Crippen LogP contribution in [0.3, 0.4) is 0 Å². The minimum absolute atomic E-state index is 0.878. The lowest BCUT2D eigenvalue weighted by Crippen LogP contribution is -2.35. The van der Waals surface area contributed by atoms with E-state index in [1.165, 1.54) is 19.3 Å². The zero-order valence-corrected chi connectivity index (χ0v) is 6.30. The summed E-state index contributed by atoms with van der Waals surface area (Å²) in [6, 6.07) is 1.83. The Labute approximate surface area is 57.0 Å². The van der Waals surface area contributed by atoms with Crippen LogP contribution in [0.25, 0.3) is 0 Å². The minimum atomic E-state index is 0.878. The Bertz CT molecular complexity index is 104. The van der Waals surface area contributed by atoms with Crippen molar-refractivity contribution in [2.45, 2.75) is 38.3 Å². The predicted octanol–water partition coefficient (Wildman–Crippen LogP) is 1.49. The number of rotatable bonds is 0. The van der Waals surface area contributed by atoms with Gasteiger partial charge in [0.1, 0.15) is 0 Å². The van der Waals surface area contributed by atoms with Gasteiger partial charge in [0.15, 0.2) is 0 Å². The fourth-order valence-electron chi connectivity index (χ4n) is 2.46. The average Bonchev–Trinajstić information content (AvgIpc) is 2.37. The fraction of sp³-hybridized carbons (Fsp3) is 1.00. The van der Waals surface area contributed by atoms with Crippen molar-refractivity contribution in [3.05, 3.63) is 0 Å². The third-order valence-electron chi connectivity index (χ3n) is 3.35. The SMILES string of the molecule is CC1[C@@H]2CC[C@@H](C2)N1C. The van der Waals surface area contributed by atoms with E-state index in [4.69, 9.17) is 0 Å². The van der Waals surface area contributed by atoms with E-state index in [2.05, 4.69) is 18.9 Å². The maximum atomic E-state index is 2.55. The summed E-state index contributed by atoms with van der Waals surface area (Å²) >= 11 is 0. The molecule has 2 fully saturated rings. The molecule has 1 heterocycles. The number of piperidine rings is 1.